The van der Waals surface area contributed by atoms with Crippen molar-refractivity contribution < 1.29 is 22.7 Å². The van der Waals surface area contributed by atoms with Crippen molar-refractivity contribution in [1.29, 1.82) is 0 Å². The van der Waals surface area contributed by atoms with Gasteiger partial charge >= 0.3 is 0 Å². The number of aryl methyl sites for hydroxylation is 1. The van der Waals surface area contributed by atoms with E-state index in [1.54, 1.807) is 19.1 Å². The Morgan fingerprint density at radius 1 is 1.03 bits per heavy atom. The first-order valence-electron chi connectivity index (χ1n) is 9.45. The number of nitrogens with one attached hydrogen (secondary N) is 1. The molecule has 0 saturated carbocycles. The average molecular weight is 431 g/mol. The number of carbonyl (C=O) groups is 1. The van der Waals surface area contributed by atoms with Crippen LogP contribution >= 0.6 is 0 Å². The Bertz CT molecular complexity index is 1120. The molecule has 1 N–H and O–H groups in total. The summed E-state index contributed by atoms with van der Waals surface area (Å²) in [7, 11) is 0.366. The number of nitrogens with zero attached hydrogens (tertiary/aromatic N) is 1. The van der Waals surface area contributed by atoms with E-state index < -0.39 is 15.9 Å². The van der Waals surface area contributed by atoms with Gasteiger partial charge in [-0.1, -0.05) is 29.8 Å². The highest BCUT2D eigenvalue weighted by Crippen LogP contribution is 2.44. The summed E-state index contributed by atoms with van der Waals surface area (Å²) in [4.78, 5) is 12.8. The molecule has 0 aliphatic carbocycles. The first-order valence-corrected chi connectivity index (χ1v) is 10.9. The number of anilines is 1. The molecule has 7 nitrogen and oxygen atoms in total. The van der Waals surface area contributed by atoms with E-state index in [1.165, 1.54) is 21.3 Å². The smallest absolute Gasteiger partial charge is 0.269 e. The minimum Gasteiger partial charge on any atom is -0.493 e. The Kier molecular flexibility index (Phi) is 5.81. The molecule has 30 heavy (non-hydrogen) atoms. The topological polar surface area (TPSA) is 84.9 Å². The monoisotopic (exact) mass is 430 g/mol. The zero-order chi connectivity index (χ0) is 22.2. The standard InChI is InChI=1S/C22H26N2O5S/c1-13-7-9-16(10-8-13)15(3)23-22(25)21-14(2)17-11-19(28-5)20(29-6)12-18(17)24(4)30(21,26)27/h7-12,15H,1-6H3,(H,23,25)/t15-/m1/s1. The summed E-state index contributed by atoms with van der Waals surface area (Å²) in [6.07, 6.45) is 0. The second kappa shape index (κ2) is 8.02. The summed E-state index contributed by atoms with van der Waals surface area (Å²) in [6, 6.07) is 10.6. The number of fused-ring (bicyclic) bond motifs is 1. The van der Waals surface area contributed by atoms with Crippen molar-refractivity contribution in [2.45, 2.75) is 26.8 Å². The quantitative estimate of drug-likeness (QED) is 0.786. The summed E-state index contributed by atoms with van der Waals surface area (Å²) in [5, 5.41) is 2.82. The number of ether oxygens (including phenoxy) is 2. The largest absolute Gasteiger partial charge is 0.493 e. The molecule has 0 fully saturated rings. The number of hydrogen-bond acceptors (Lipinski definition) is 5. The van der Waals surface area contributed by atoms with Crippen LogP contribution in [0.15, 0.2) is 41.3 Å². The highest BCUT2D eigenvalue weighted by atomic mass is 32.2. The fourth-order valence-electron chi connectivity index (χ4n) is 3.50. The molecule has 0 unspecified atom stereocenters. The number of methoxy groups -OCH3 is 2. The van der Waals surface area contributed by atoms with Gasteiger partial charge < -0.3 is 14.8 Å². The molecule has 160 valence electrons. The third-order valence-corrected chi connectivity index (χ3v) is 7.26. The highest BCUT2D eigenvalue weighted by molar-refractivity contribution is 7.97. The number of allylic oxidation sites excluding steroid dienone is 1. The van der Waals surface area contributed by atoms with E-state index in [-0.39, 0.29) is 10.9 Å². The maximum Gasteiger partial charge on any atom is 0.269 e. The molecular formula is C22H26N2O5S. The van der Waals surface area contributed by atoms with Crippen LogP contribution < -0.4 is 19.1 Å². The molecule has 0 aromatic heterocycles. The van der Waals surface area contributed by atoms with Crippen LogP contribution in [0.25, 0.3) is 5.57 Å². The van der Waals surface area contributed by atoms with Gasteiger partial charge in [0.05, 0.1) is 25.9 Å². The van der Waals surface area contributed by atoms with Crippen LogP contribution in [0.3, 0.4) is 0 Å². The summed E-state index contributed by atoms with van der Waals surface area (Å²) < 4.78 is 38.1. The van der Waals surface area contributed by atoms with Gasteiger partial charge in [-0.3, -0.25) is 9.10 Å². The van der Waals surface area contributed by atoms with Crippen molar-refractivity contribution in [3.63, 3.8) is 0 Å². The molecule has 0 saturated heterocycles. The van der Waals surface area contributed by atoms with Crippen molar-refractivity contribution in [1.82, 2.24) is 5.32 Å². The number of amides is 1. The van der Waals surface area contributed by atoms with Crippen LogP contribution in [0, 0.1) is 6.92 Å². The van der Waals surface area contributed by atoms with E-state index in [4.69, 9.17) is 9.47 Å². The lowest BCUT2D eigenvalue weighted by atomic mass is 10.0. The Labute approximate surface area is 177 Å². The molecule has 1 heterocycles. The van der Waals surface area contributed by atoms with Crippen molar-refractivity contribution in [3.05, 3.63) is 58.0 Å². The van der Waals surface area contributed by atoms with E-state index in [0.29, 0.717) is 28.3 Å². The van der Waals surface area contributed by atoms with Crippen molar-refractivity contribution in [2.75, 3.05) is 25.6 Å². The first kappa shape index (κ1) is 21.7. The van der Waals surface area contributed by atoms with Gasteiger partial charge in [-0.2, -0.15) is 0 Å². The number of carbonyl (C=O) groups excluding carboxylic acids is 1. The van der Waals surface area contributed by atoms with E-state index in [9.17, 15) is 13.2 Å². The van der Waals surface area contributed by atoms with E-state index in [2.05, 4.69) is 5.32 Å². The summed E-state index contributed by atoms with van der Waals surface area (Å²) in [6.45, 7) is 5.42. The third-order valence-electron chi connectivity index (χ3n) is 5.34. The van der Waals surface area contributed by atoms with Crippen LogP contribution in [0.2, 0.25) is 0 Å². The van der Waals surface area contributed by atoms with E-state index in [1.807, 2.05) is 38.1 Å². The molecule has 0 bridgehead atoms. The van der Waals surface area contributed by atoms with Gasteiger partial charge in [-0.05, 0) is 38.0 Å². The molecule has 0 radical (unpaired) electrons. The Morgan fingerprint density at radius 3 is 2.17 bits per heavy atom. The molecule has 3 rings (SSSR count). The number of sulfonamides is 1. The van der Waals surface area contributed by atoms with Crippen molar-refractivity contribution in [3.8, 4) is 11.5 Å². The van der Waals surface area contributed by atoms with Crippen LogP contribution in [0.5, 0.6) is 11.5 Å². The zero-order valence-corrected chi connectivity index (χ0v) is 18.8. The van der Waals surface area contributed by atoms with E-state index >= 15 is 0 Å². The lowest BCUT2D eigenvalue weighted by Crippen LogP contribution is -2.39. The number of benzene rings is 2. The predicted octanol–water partition coefficient (Wildman–Crippen LogP) is 3.40. The van der Waals surface area contributed by atoms with Gasteiger partial charge in [0.15, 0.2) is 16.4 Å². The van der Waals surface area contributed by atoms with Crippen molar-refractivity contribution in [2.24, 2.45) is 0 Å². The maximum atomic E-state index is 13.2. The second-order valence-corrected chi connectivity index (χ2v) is 9.16. The molecule has 2 aromatic rings. The van der Waals surface area contributed by atoms with Gasteiger partial charge in [-0.25, -0.2) is 8.42 Å². The molecular weight excluding hydrogens is 404 g/mol. The van der Waals surface area contributed by atoms with Gasteiger partial charge in [0, 0.05) is 18.7 Å². The Morgan fingerprint density at radius 2 is 1.60 bits per heavy atom. The summed E-state index contributed by atoms with van der Waals surface area (Å²) in [5.41, 5.74) is 3.37. The minimum atomic E-state index is -4.04. The lowest BCUT2D eigenvalue weighted by molar-refractivity contribution is -0.117. The molecule has 0 spiro atoms. The zero-order valence-electron chi connectivity index (χ0n) is 17.9. The summed E-state index contributed by atoms with van der Waals surface area (Å²) in [5.74, 6) is 0.218. The molecule has 1 amide bonds. The second-order valence-electron chi connectivity index (χ2n) is 7.26. The van der Waals surface area contributed by atoms with Gasteiger partial charge in [0.25, 0.3) is 15.9 Å². The van der Waals surface area contributed by atoms with Crippen LogP contribution in [0.4, 0.5) is 5.69 Å². The van der Waals surface area contributed by atoms with Crippen LogP contribution in [-0.2, 0) is 14.8 Å². The van der Waals surface area contributed by atoms with Crippen molar-refractivity contribution >= 4 is 27.2 Å². The molecule has 1 aliphatic rings. The number of hydrogen-bond donors (Lipinski definition) is 1. The molecule has 2 aromatic carbocycles. The fourth-order valence-corrected chi connectivity index (χ4v) is 4.97. The lowest BCUT2D eigenvalue weighted by Gasteiger charge is -2.31. The van der Waals surface area contributed by atoms with Gasteiger partial charge in [-0.15, -0.1) is 0 Å². The molecule has 8 heteroatoms. The van der Waals surface area contributed by atoms with E-state index in [0.717, 1.165) is 15.4 Å². The van der Waals surface area contributed by atoms with Gasteiger partial charge in [0.1, 0.15) is 0 Å². The molecule has 1 atom stereocenters. The minimum absolute atomic E-state index is 0.274. The van der Waals surface area contributed by atoms with Crippen LogP contribution in [0.1, 0.15) is 36.6 Å². The fraction of sp³-hybridized carbons (Fsp3) is 0.318. The normalized spacial score (nSPS) is 16.0. The average Bonchev–Trinajstić information content (AvgIpc) is 2.71. The predicted molar refractivity (Wildman–Crippen MR) is 117 cm³/mol. The van der Waals surface area contributed by atoms with Gasteiger partial charge in [0.2, 0.25) is 0 Å². The number of rotatable bonds is 5. The SMILES string of the molecule is COc1cc2c(cc1OC)N(C)S(=O)(=O)C(C(=O)N[C@H](C)c1ccc(C)cc1)=C2C. The first-order chi connectivity index (χ1) is 14.1. The Hall–Kier alpha value is -3.00. The third kappa shape index (κ3) is 3.63. The highest BCUT2D eigenvalue weighted by Gasteiger charge is 2.38. The molecule has 1 aliphatic heterocycles. The maximum absolute atomic E-state index is 13.2. The van der Waals surface area contributed by atoms with Crippen LogP contribution in [-0.4, -0.2) is 35.6 Å². The summed E-state index contributed by atoms with van der Waals surface area (Å²) >= 11 is 0. The Balaban J connectivity index is 2.06.